The van der Waals surface area contributed by atoms with Crippen LogP contribution in [0.2, 0.25) is 0 Å². The van der Waals surface area contributed by atoms with Crippen molar-refractivity contribution in [2.24, 2.45) is 0 Å². The number of hydrogen-bond acceptors (Lipinski definition) is 3. The largest absolute Gasteiger partial charge is 0.336 e. The van der Waals surface area contributed by atoms with Gasteiger partial charge in [-0.3, -0.25) is 9.69 Å². The summed E-state index contributed by atoms with van der Waals surface area (Å²) >= 11 is 1.13. The molecular formula is C14H16F2N2O2S. The minimum atomic E-state index is -0.631. The first-order valence-corrected chi connectivity index (χ1v) is 7.54. The maximum Gasteiger partial charge on any atom is 0.324 e. The maximum atomic E-state index is 13.7. The van der Waals surface area contributed by atoms with Gasteiger partial charge in [-0.1, -0.05) is 6.07 Å². The van der Waals surface area contributed by atoms with Gasteiger partial charge in [0.2, 0.25) is 5.91 Å². The number of nitrogens with one attached hydrogen (secondary N) is 1. The van der Waals surface area contributed by atoms with E-state index in [-0.39, 0.29) is 11.5 Å². The summed E-state index contributed by atoms with van der Waals surface area (Å²) in [7, 11) is 0. The number of benzene rings is 1. The smallest absolute Gasteiger partial charge is 0.324 e. The molecule has 1 aromatic carbocycles. The minimum absolute atomic E-state index is 0.0481. The highest BCUT2D eigenvalue weighted by atomic mass is 32.2. The Morgan fingerprint density at radius 1 is 1.33 bits per heavy atom. The third-order valence-corrected chi connectivity index (χ3v) is 4.54. The van der Waals surface area contributed by atoms with Gasteiger partial charge in [0, 0.05) is 23.9 Å². The van der Waals surface area contributed by atoms with Gasteiger partial charge < -0.3 is 5.32 Å². The molecule has 1 fully saturated rings. The highest BCUT2D eigenvalue weighted by molar-refractivity contribution is 8.00. The fraction of sp³-hybridized carbons (Fsp3) is 0.429. The molecule has 1 aliphatic rings. The quantitative estimate of drug-likeness (QED) is 0.929. The summed E-state index contributed by atoms with van der Waals surface area (Å²) in [5.41, 5.74) is -0.0481. The third kappa shape index (κ3) is 3.34. The van der Waals surface area contributed by atoms with Crippen molar-refractivity contribution < 1.29 is 18.4 Å². The Kier molecular flexibility index (Phi) is 4.82. The fourth-order valence-corrected chi connectivity index (χ4v) is 3.45. The molecule has 4 nitrogen and oxygen atoms in total. The van der Waals surface area contributed by atoms with Gasteiger partial charge in [-0.2, -0.15) is 0 Å². The molecule has 114 valence electrons. The topological polar surface area (TPSA) is 49.4 Å². The number of carbonyl (C=O) groups is 2. The van der Waals surface area contributed by atoms with Crippen LogP contribution in [0.15, 0.2) is 18.2 Å². The number of amides is 3. The molecule has 2 rings (SSSR count). The molecule has 0 aliphatic carbocycles. The van der Waals surface area contributed by atoms with E-state index in [4.69, 9.17) is 0 Å². The van der Waals surface area contributed by atoms with Crippen molar-refractivity contribution >= 4 is 23.7 Å². The molecule has 0 spiro atoms. The van der Waals surface area contributed by atoms with Gasteiger partial charge in [-0.25, -0.2) is 13.6 Å². The fourth-order valence-electron chi connectivity index (χ4n) is 2.23. The zero-order valence-corrected chi connectivity index (χ0v) is 12.5. The number of hydrogen-bond donors (Lipinski definition) is 1. The van der Waals surface area contributed by atoms with Crippen molar-refractivity contribution in [3.05, 3.63) is 35.4 Å². The second-order valence-electron chi connectivity index (χ2n) is 4.78. The average Bonchev–Trinajstić information content (AvgIpc) is 2.83. The molecule has 0 aromatic heterocycles. The molecular weight excluding hydrogens is 298 g/mol. The Morgan fingerprint density at radius 2 is 1.95 bits per heavy atom. The van der Waals surface area contributed by atoms with Crippen LogP contribution in [0.5, 0.6) is 0 Å². The lowest BCUT2D eigenvalue weighted by Crippen LogP contribution is -2.39. The predicted octanol–water partition coefficient (Wildman–Crippen LogP) is 2.70. The number of thioether (sulfide) groups is 1. The summed E-state index contributed by atoms with van der Waals surface area (Å²) < 4.78 is 27.4. The highest BCUT2D eigenvalue weighted by Crippen LogP contribution is 2.35. The van der Waals surface area contributed by atoms with Crippen LogP contribution in [0.4, 0.5) is 13.6 Å². The first kappa shape index (κ1) is 15.8. The monoisotopic (exact) mass is 314 g/mol. The van der Waals surface area contributed by atoms with Crippen molar-refractivity contribution in [3.8, 4) is 0 Å². The van der Waals surface area contributed by atoms with E-state index >= 15 is 0 Å². The van der Waals surface area contributed by atoms with E-state index in [2.05, 4.69) is 5.32 Å². The van der Waals surface area contributed by atoms with Crippen LogP contribution in [0.1, 0.15) is 24.7 Å². The molecule has 0 radical (unpaired) electrons. The summed E-state index contributed by atoms with van der Waals surface area (Å²) in [6.07, 6.45) is 0. The van der Waals surface area contributed by atoms with Gasteiger partial charge in [0.15, 0.2) is 0 Å². The highest BCUT2D eigenvalue weighted by Gasteiger charge is 2.31. The minimum Gasteiger partial charge on any atom is -0.336 e. The molecule has 1 aromatic rings. The Hall–Kier alpha value is -1.63. The number of rotatable bonds is 4. The summed E-state index contributed by atoms with van der Waals surface area (Å²) in [6.45, 7) is 4.03. The normalized spacial score (nSPS) is 17.5. The van der Waals surface area contributed by atoms with E-state index in [0.717, 1.165) is 16.7 Å². The second kappa shape index (κ2) is 6.43. The van der Waals surface area contributed by atoms with Gasteiger partial charge >= 0.3 is 6.03 Å². The van der Waals surface area contributed by atoms with Crippen LogP contribution in [-0.2, 0) is 4.79 Å². The lowest BCUT2D eigenvalue weighted by molar-refractivity contribution is -0.126. The Labute approximate surface area is 125 Å². The van der Waals surface area contributed by atoms with Gasteiger partial charge in [0.05, 0.1) is 5.25 Å². The van der Waals surface area contributed by atoms with Crippen LogP contribution >= 0.6 is 11.8 Å². The molecule has 2 unspecified atom stereocenters. The molecule has 0 saturated carbocycles. The summed E-state index contributed by atoms with van der Waals surface area (Å²) in [4.78, 5) is 24.7. The van der Waals surface area contributed by atoms with Gasteiger partial charge in [-0.05, 0) is 26.0 Å². The Morgan fingerprint density at radius 3 is 2.48 bits per heavy atom. The average molecular weight is 314 g/mol. The molecule has 3 amide bonds. The molecule has 7 heteroatoms. The van der Waals surface area contributed by atoms with E-state index in [1.54, 1.807) is 13.8 Å². The number of nitrogens with zero attached hydrogens (tertiary/aromatic N) is 1. The number of urea groups is 1. The van der Waals surface area contributed by atoms with Crippen molar-refractivity contribution in [3.63, 3.8) is 0 Å². The molecule has 1 saturated heterocycles. The second-order valence-corrected chi connectivity index (χ2v) is 6.46. The first-order chi connectivity index (χ1) is 9.91. The van der Waals surface area contributed by atoms with E-state index in [1.807, 2.05) is 0 Å². The van der Waals surface area contributed by atoms with E-state index in [9.17, 15) is 18.4 Å². The SMILES string of the molecule is CC(SC(C)c1c(F)cccc1F)C(=O)N1CCNC1=O. The number of imide groups is 1. The maximum absolute atomic E-state index is 13.7. The molecule has 0 bridgehead atoms. The molecule has 21 heavy (non-hydrogen) atoms. The predicted molar refractivity (Wildman–Crippen MR) is 76.9 cm³/mol. The first-order valence-electron chi connectivity index (χ1n) is 6.60. The molecule has 1 aliphatic heterocycles. The van der Waals surface area contributed by atoms with Crippen molar-refractivity contribution in [1.82, 2.24) is 10.2 Å². The van der Waals surface area contributed by atoms with Crippen LogP contribution in [0.25, 0.3) is 0 Å². The lowest BCUT2D eigenvalue weighted by atomic mass is 10.1. The van der Waals surface area contributed by atoms with E-state index in [1.165, 1.54) is 18.2 Å². The van der Waals surface area contributed by atoms with Crippen LogP contribution < -0.4 is 5.32 Å². The zero-order valence-electron chi connectivity index (χ0n) is 11.7. The lowest BCUT2D eigenvalue weighted by Gasteiger charge is -2.21. The van der Waals surface area contributed by atoms with E-state index < -0.39 is 28.2 Å². The summed E-state index contributed by atoms with van der Waals surface area (Å²) in [6, 6.07) is 3.26. The van der Waals surface area contributed by atoms with Gasteiger partial charge in [0.25, 0.3) is 0 Å². The van der Waals surface area contributed by atoms with E-state index in [0.29, 0.717) is 13.1 Å². The number of halogens is 2. The van der Waals surface area contributed by atoms with Crippen molar-refractivity contribution in [2.75, 3.05) is 13.1 Å². The molecule has 1 N–H and O–H groups in total. The number of carbonyl (C=O) groups excluding carboxylic acids is 2. The van der Waals surface area contributed by atoms with Gasteiger partial charge in [0.1, 0.15) is 11.6 Å². The van der Waals surface area contributed by atoms with Crippen LogP contribution in [-0.4, -0.2) is 35.2 Å². The summed E-state index contributed by atoms with van der Waals surface area (Å²) in [5, 5.41) is 1.45. The van der Waals surface area contributed by atoms with Crippen LogP contribution in [0, 0.1) is 11.6 Å². The standard InChI is InChI=1S/C14H16F2N2O2S/c1-8(12-10(15)4-3-5-11(12)16)21-9(2)13(19)18-7-6-17-14(18)20/h3-5,8-9H,6-7H2,1-2H3,(H,17,20). The molecule has 1 heterocycles. The Balaban J connectivity index is 2.07. The third-order valence-electron chi connectivity index (χ3n) is 3.29. The zero-order chi connectivity index (χ0) is 15.6. The van der Waals surface area contributed by atoms with Gasteiger partial charge in [-0.15, -0.1) is 11.8 Å². The Bertz CT molecular complexity index is 548. The van der Waals surface area contributed by atoms with Crippen molar-refractivity contribution in [1.29, 1.82) is 0 Å². The van der Waals surface area contributed by atoms with Crippen LogP contribution in [0.3, 0.4) is 0 Å². The van der Waals surface area contributed by atoms with Crippen molar-refractivity contribution in [2.45, 2.75) is 24.3 Å². The molecule has 2 atom stereocenters. The summed E-state index contributed by atoms with van der Waals surface area (Å²) in [5.74, 6) is -1.61.